The van der Waals surface area contributed by atoms with Crippen LogP contribution in [0.3, 0.4) is 0 Å². The summed E-state index contributed by atoms with van der Waals surface area (Å²) in [6, 6.07) is 12.4. The second kappa shape index (κ2) is 11.0. The smallest absolute Gasteiger partial charge is 0.226 e. The minimum atomic E-state index is -0.212. The lowest BCUT2D eigenvalue weighted by atomic mass is 10.1. The van der Waals surface area contributed by atoms with Gasteiger partial charge in [-0.2, -0.15) is 0 Å². The molecular weight excluding hydrogens is 423 g/mol. The van der Waals surface area contributed by atoms with Crippen LogP contribution in [-0.2, 0) is 23.4 Å². The standard InChI is InChI=1S/C22H23FN2O3S2/c1-27-19-8-7-15(11-20(19)28-2)9-10-24-21(26)12-17-14-30-22(25-17)29-13-16-5-3-4-6-18(16)23/h3-8,11,14H,9-10,12-13H2,1-2H3,(H,24,26). The molecule has 0 fully saturated rings. The molecule has 0 aliphatic rings. The lowest BCUT2D eigenvalue weighted by Crippen LogP contribution is -2.27. The molecule has 0 saturated carbocycles. The van der Waals surface area contributed by atoms with Crippen LogP contribution in [0, 0.1) is 5.82 Å². The van der Waals surface area contributed by atoms with E-state index in [-0.39, 0.29) is 18.1 Å². The minimum Gasteiger partial charge on any atom is -0.493 e. The fourth-order valence-electron chi connectivity index (χ4n) is 2.80. The van der Waals surface area contributed by atoms with Crippen molar-refractivity contribution in [3.8, 4) is 11.5 Å². The number of ether oxygens (including phenoxy) is 2. The molecule has 1 amide bonds. The Bertz CT molecular complexity index is 994. The van der Waals surface area contributed by atoms with E-state index in [0.717, 1.165) is 15.6 Å². The van der Waals surface area contributed by atoms with E-state index in [1.807, 2.05) is 29.6 Å². The van der Waals surface area contributed by atoms with Crippen LogP contribution in [0.5, 0.6) is 11.5 Å². The van der Waals surface area contributed by atoms with Gasteiger partial charge in [0.05, 0.1) is 26.3 Å². The van der Waals surface area contributed by atoms with E-state index in [0.29, 0.717) is 35.8 Å². The predicted molar refractivity (Wildman–Crippen MR) is 118 cm³/mol. The van der Waals surface area contributed by atoms with E-state index in [1.165, 1.54) is 29.2 Å². The molecule has 3 aromatic rings. The first kappa shape index (κ1) is 22.1. The Hall–Kier alpha value is -2.58. The third-order valence-corrected chi connectivity index (χ3v) is 6.48. The average molecular weight is 447 g/mol. The van der Waals surface area contributed by atoms with Crippen LogP contribution in [0.1, 0.15) is 16.8 Å². The molecule has 0 spiro atoms. The van der Waals surface area contributed by atoms with Crippen molar-refractivity contribution in [1.29, 1.82) is 0 Å². The second-order valence-corrected chi connectivity index (χ2v) is 8.53. The molecule has 0 bridgehead atoms. The fourth-order valence-corrected chi connectivity index (χ4v) is 4.63. The van der Waals surface area contributed by atoms with Crippen molar-refractivity contribution in [2.45, 2.75) is 22.9 Å². The fraction of sp³-hybridized carbons (Fsp3) is 0.273. The molecule has 30 heavy (non-hydrogen) atoms. The summed E-state index contributed by atoms with van der Waals surface area (Å²) in [5, 5.41) is 4.79. The van der Waals surface area contributed by atoms with Gasteiger partial charge >= 0.3 is 0 Å². The Balaban J connectivity index is 1.44. The lowest BCUT2D eigenvalue weighted by molar-refractivity contribution is -0.120. The molecule has 5 nitrogen and oxygen atoms in total. The van der Waals surface area contributed by atoms with Crippen molar-refractivity contribution in [3.63, 3.8) is 0 Å². The summed E-state index contributed by atoms with van der Waals surface area (Å²) in [5.41, 5.74) is 2.42. The second-order valence-electron chi connectivity index (χ2n) is 6.45. The van der Waals surface area contributed by atoms with Gasteiger partial charge in [-0.15, -0.1) is 11.3 Å². The SMILES string of the molecule is COc1ccc(CCNC(=O)Cc2csc(SCc3ccccc3F)n2)cc1OC. The largest absolute Gasteiger partial charge is 0.493 e. The maximum absolute atomic E-state index is 13.7. The quantitative estimate of drug-likeness (QED) is 0.465. The van der Waals surface area contributed by atoms with Crippen molar-refractivity contribution < 1.29 is 18.7 Å². The van der Waals surface area contributed by atoms with Gasteiger partial charge in [-0.25, -0.2) is 9.37 Å². The van der Waals surface area contributed by atoms with Crippen molar-refractivity contribution in [3.05, 3.63) is 70.5 Å². The first-order valence-corrected chi connectivity index (χ1v) is 11.2. The van der Waals surface area contributed by atoms with Crippen LogP contribution in [-0.4, -0.2) is 31.7 Å². The highest BCUT2D eigenvalue weighted by Gasteiger charge is 2.10. The molecule has 2 aromatic carbocycles. The summed E-state index contributed by atoms with van der Waals surface area (Å²) in [5.74, 6) is 1.57. The Morgan fingerprint density at radius 2 is 1.97 bits per heavy atom. The number of aromatic nitrogens is 1. The number of benzene rings is 2. The summed E-state index contributed by atoms with van der Waals surface area (Å²) >= 11 is 2.94. The number of thiazole rings is 1. The highest BCUT2D eigenvalue weighted by atomic mass is 32.2. The topological polar surface area (TPSA) is 60.5 Å². The third-order valence-electron chi connectivity index (χ3n) is 4.37. The first-order valence-electron chi connectivity index (χ1n) is 9.37. The number of hydrogen-bond donors (Lipinski definition) is 1. The van der Waals surface area contributed by atoms with E-state index in [2.05, 4.69) is 10.3 Å². The van der Waals surface area contributed by atoms with Crippen LogP contribution in [0.2, 0.25) is 0 Å². The van der Waals surface area contributed by atoms with Gasteiger partial charge in [-0.1, -0.05) is 36.0 Å². The Morgan fingerprint density at radius 1 is 1.17 bits per heavy atom. The summed E-state index contributed by atoms with van der Waals surface area (Å²) in [6.45, 7) is 0.521. The van der Waals surface area contributed by atoms with Crippen molar-refractivity contribution >= 4 is 29.0 Å². The van der Waals surface area contributed by atoms with Crippen LogP contribution in [0.15, 0.2) is 52.2 Å². The van der Waals surface area contributed by atoms with E-state index in [9.17, 15) is 9.18 Å². The maximum Gasteiger partial charge on any atom is 0.226 e. The predicted octanol–water partition coefficient (Wildman–Crippen LogP) is 4.49. The molecule has 158 valence electrons. The number of carbonyl (C=O) groups excluding carboxylic acids is 1. The average Bonchev–Trinajstić information content (AvgIpc) is 3.20. The number of carbonyl (C=O) groups is 1. The van der Waals surface area contributed by atoms with Gasteiger partial charge in [0, 0.05) is 17.7 Å². The number of thioether (sulfide) groups is 1. The molecule has 0 unspecified atom stereocenters. The molecule has 1 N–H and O–H groups in total. The zero-order chi connectivity index (χ0) is 21.3. The number of rotatable bonds is 10. The molecule has 0 radical (unpaired) electrons. The minimum absolute atomic E-state index is 0.0774. The number of nitrogens with zero attached hydrogens (tertiary/aromatic N) is 1. The molecule has 0 aliphatic heterocycles. The van der Waals surface area contributed by atoms with Gasteiger partial charge in [0.15, 0.2) is 11.5 Å². The van der Waals surface area contributed by atoms with Crippen LogP contribution < -0.4 is 14.8 Å². The van der Waals surface area contributed by atoms with Gasteiger partial charge in [0.2, 0.25) is 5.91 Å². The summed E-state index contributed by atoms with van der Waals surface area (Å²) in [6.07, 6.45) is 0.912. The Labute approximate surface area is 183 Å². The van der Waals surface area contributed by atoms with Crippen LogP contribution in [0.4, 0.5) is 4.39 Å². The van der Waals surface area contributed by atoms with Gasteiger partial charge in [-0.3, -0.25) is 4.79 Å². The molecule has 1 aromatic heterocycles. The zero-order valence-corrected chi connectivity index (χ0v) is 18.4. The Morgan fingerprint density at radius 3 is 2.73 bits per heavy atom. The van der Waals surface area contributed by atoms with E-state index in [1.54, 1.807) is 26.4 Å². The maximum atomic E-state index is 13.7. The van der Waals surface area contributed by atoms with E-state index in [4.69, 9.17) is 9.47 Å². The number of amides is 1. The van der Waals surface area contributed by atoms with Crippen molar-refractivity contribution in [2.24, 2.45) is 0 Å². The van der Waals surface area contributed by atoms with Gasteiger partial charge < -0.3 is 14.8 Å². The third kappa shape index (κ3) is 6.21. The molecular formula is C22H23FN2O3S2. The van der Waals surface area contributed by atoms with Crippen LogP contribution in [0.25, 0.3) is 0 Å². The molecule has 8 heteroatoms. The van der Waals surface area contributed by atoms with Crippen LogP contribution >= 0.6 is 23.1 Å². The number of methoxy groups -OCH3 is 2. The highest BCUT2D eigenvalue weighted by Crippen LogP contribution is 2.28. The normalized spacial score (nSPS) is 10.6. The Kier molecular flexibility index (Phi) is 8.10. The highest BCUT2D eigenvalue weighted by molar-refractivity contribution is 8.00. The van der Waals surface area contributed by atoms with E-state index >= 15 is 0 Å². The van der Waals surface area contributed by atoms with Gasteiger partial charge in [0.1, 0.15) is 10.2 Å². The van der Waals surface area contributed by atoms with E-state index < -0.39 is 0 Å². The molecule has 0 saturated heterocycles. The number of halogens is 1. The summed E-state index contributed by atoms with van der Waals surface area (Å²) < 4.78 is 25.0. The molecule has 1 heterocycles. The van der Waals surface area contributed by atoms with Crippen molar-refractivity contribution in [1.82, 2.24) is 10.3 Å². The van der Waals surface area contributed by atoms with Gasteiger partial charge in [-0.05, 0) is 35.7 Å². The van der Waals surface area contributed by atoms with Gasteiger partial charge in [0.25, 0.3) is 0 Å². The number of nitrogens with one attached hydrogen (secondary N) is 1. The number of hydrogen-bond acceptors (Lipinski definition) is 6. The first-order chi connectivity index (χ1) is 14.6. The molecule has 0 atom stereocenters. The monoisotopic (exact) mass is 446 g/mol. The molecule has 0 aliphatic carbocycles. The molecule has 3 rings (SSSR count). The summed E-state index contributed by atoms with van der Waals surface area (Å²) in [7, 11) is 3.19. The lowest BCUT2D eigenvalue weighted by Gasteiger charge is -2.10. The zero-order valence-electron chi connectivity index (χ0n) is 16.8. The summed E-state index contributed by atoms with van der Waals surface area (Å²) in [4.78, 5) is 16.7. The van der Waals surface area contributed by atoms with Crippen molar-refractivity contribution in [2.75, 3.05) is 20.8 Å².